The van der Waals surface area contributed by atoms with Gasteiger partial charge < -0.3 is 0 Å². The third kappa shape index (κ3) is 4.12. The summed E-state index contributed by atoms with van der Waals surface area (Å²) in [6.45, 7) is 4.00. The number of hydrogen-bond donors (Lipinski definition) is 0. The third-order valence-electron chi connectivity index (χ3n) is 3.70. The Morgan fingerprint density at radius 2 is 2.10 bits per heavy atom. The smallest absolute Gasteiger partial charge is 0.165 e. The number of allylic oxidation sites excluding steroid dienone is 11. The summed E-state index contributed by atoms with van der Waals surface area (Å²) in [5, 5.41) is 0. The number of ketones is 1. The van der Waals surface area contributed by atoms with E-state index in [0.717, 1.165) is 24.0 Å². The van der Waals surface area contributed by atoms with Crippen LogP contribution in [0, 0.1) is 5.92 Å². The predicted molar refractivity (Wildman–Crippen MR) is 89.2 cm³/mol. The molecule has 0 amide bonds. The molecule has 0 spiro atoms. The number of rotatable bonds is 4. The van der Waals surface area contributed by atoms with E-state index in [1.165, 1.54) is 5.57 Å². The molecule has 21 heavy (non-hydrogen) atoms. The summed E-state index contributed by atoms with van der Waals surface area (Å²) in [5.74, 6) is 0.222. The number of hydrogen-bond acceptors (Lipinski definition) is 2. The molecule has 0 aromatic heterocycles. The van der Waals surface area contributed by atoms with Gasteiger partial charge in [-0.15, -0.1) is 0 Å². The van der Waals surface area contributed by atoms with Crippen LogP contribution >= 0.6 is 0 Å². The van der Waals surface area contributed by atoms with E-state index in [0.29, 0.717) is 0 Å². The van der Waals surface area contributed by atoms with E-state index in [1.807, 2.05) is 50.4 Å². The van der Waals surface area contributed by atoms with Gasteiger partial charge in [-0.1, -0.05) is 56.4 Å². The lowest BCUT2D eigenvalue weighted by Crippen LogP contribution is -2.11. The van der Waals surface area contributed by atoms with Crippen molar-refractivity contribution < 1.29 is 4.79 Å². The highest BCUT2D eigenvalue weighted by Gasteiger charge is 2.14. The highest BCUT2D eigenvalue weighted by Crippen LogP contribution is 2.19. The number of carbonyl (C=O) groups is 1. The van der Waals surface area contributed by atoms with Crippen LogP contribution in [0.15, 0.2) is 76.5 Å². The molecule has 108 valence electrons. The van der Waals surface area contributed by atoms with Gasteiger partial charge in [0, 0.05) is 23.9 Å². The first kappa shape index (κ1) is 15.2. The predicted octanol–water partition coefficient (Wildman–Crippen LogP) is 4.50. The molecular formula is C19H21NO. The normalized spacial score (nSPS) is 27.0. The second kappa shape index (κ2) is 7.53. The van der Waals surface area contributed by atoms with Gasteiger partial charge in [-0.2, -0.15) is 0 Å². The second-order valence-corrected chi connectivity index (χ2v) is 5.22. The van der Waals surface area contributed by atoms with Crippen molar-refractivity contribution in [3.05, 3.63) is 71.5 Å². The van der Waals surface area contributed by atoms with Gasteiger partial charge in [0.05, 0.1) is 0 Å². The molecule has 1 atom stereocenters. The van der Waals surface area contributed by atoms with Gasteiger partial charge in [0.15, 0.2) is 5.78 Å². The van der Waals surface area contributed by atoms with Crippen LogP contribution in [0.1, 0.15) is 26.7 Å². The average molecular weight is 279 g/mol. The van der Waals surface area contributed by atoms with Crippen molar-refractivity contribution in [3.8, 4) is 0 Å². The minimum absolute atomic E-state index is 0.0455. The highest BCUT2D eigenvalue weighted by atomic mass is 16.1. The molecule has 1 unspecified atom stereocenters. The quantitative estimate of drug-likeness (QED) is 0.745. The van der Waals surface area contributed by atoms with Gasteiger partial charge in [0.2, 0.25) is 0 Å². The van der Waals surface area contributed by atoms with Crippen molar-refractivity contribution in [2.24, 2.45) is 10.9 Å². The van der Waals surface area contributed by atoms with E-state index >= 15 is 0 Å². The Balaban J connectivity index is 2.28. The standard InChI is InChI=1S/C19H21NO/c1-3-15(2)19(21)17-10-11-18(14-20-13-12-17)16-8-6-4-5-7-9-16/h4-8,10-15H,3,9H2,1-2H3/b11-10?,13-12+,17-10+,17-12?,18-11+,18-14?,20-13?,20-14+. The number of nitrogens with zero attached hydrogens (tertiary/aromatic N) is 1. The lowest BCUT2D eigenvalue weighted by Gasteiger charge is -2.09. The monoisotopic (exact) mass is 279 g/mol. The van der Waals surface area contributed by atoms with E-state index < -0.39 is 0 Å². The average Bonchev–Trinajstić information content (AvgIpc) is 2.75. The molecule has 2 aliphatic rings. The molecular weight excluding hydrogens is 258 g/mol. The maximum Gasteiger partial charge on any atom is 0.165 e. The summed E-state index contributed by atoms with van der Waals surface area (Å²) in [7, 11) is 0. The molecule has 0 fully saturated rings. The van der Waals surface area contributed by atoms with Crippen LogP contribution in [-0.2, 0) is 4.79 Å². The number of carbonyl (C=O) groups excluding carboxylic acids is 1. The largest absolute Gasteiger partial charge is 0.294 e. The molecule has 0 saturated heterocycles. The van der Waals surface area contributed by atoms with Crippen molar-refractivity contribution in [1.82, 2.24) is 0 Å². The molecule has 1 aliphatic carbocycles. The van der Waals surface area contributed by atoms with Crippen LogP contribution in [-0.4, -0.2) is 12.0 Å². The topological polar surface area (TPSA) is 29.4 Å². The Labute approximate surface area is 126 Å². The second-order valence-electron chi connectivity index (χ2n) is 5.22. The van der Waals surface area contributed by atoms with E-state index in [9.17, 15) is 4.79 Å². The van der Waals surface area contributed by atoms with Crippen LogP contribution in [0.2, 0.25) is 0 Å². The lowest BCUT2D eigenvalue weighted by molar-refractivity contribution is -0.118. The summed E-state index contributed by atoms with van der Waals surface area (Å²) in [6.07, 6.45) is 21.2. The van der Waals surface area contributed by atoms with Crippen molar-refractivity contribution >= 4 is 12.0 Å². The zero-order valence-electron chi connectivity index (χ0n) is 12.6. The first-order chi connectivity index (χ1) is 10.2. The summed E-state index contributed by atoms with van der Waals surface area (Å²) in [6, 6.07) is 0. The Morgan fingerprint density at radius 1 is 1.24 bits per heavy atom. The molecule has 1 aliphatic heterocycles. The lowest BCUT2D eigenvalue weighted by atomic mass is 9.95. The minimum Gasteiger partial charge on any atom is -0.294 e. The minimum atomic E-state index is 0.0455. The Kier molecular flexibility index (Phi) is 5.44. The third-order valence-corrected chi connectivity index (χ3v) is 3.70. The fourth-order valence-electron chi connectivity index (χ4n) is 2.14. The molecule has 0 saturated carbocycles. The van der Waals surface area contributed by atoms with Crippen molar-refractivity contribution in [1.29, 1.82) is 0 Å². The zero-order valence-corrected chi connectivity index (χ0v) is 12.6. The van der Waals surface area contributed by atoms with Crippen LogP contribution in [0.3, 0.4) is 0 Å². The molecule has 2 heteroatoms. The SMILES string of the molecule is CCC(C)C(=O)C1=C/C=C(C2=CC=CC=CC2)\C=N\C=C\1. The van der Waals surface area contributed by atoms with E-state index in [2.05, 4.69) is 17.1 Å². The fourth-order valence-corrected chi connectivity index (χ4v) is 2.14. The first-order valence-corrected chi connectivity index (χ1v) is 7.41. The van der Waals surface area contributed by atoms with Crippen LogP contribution in [0.5, 0.6) is 0 Å². The van der Waals surface area contributed by atoms with Crippen LogP contribution < -0.4 is 0 Å². The van der Waals surface area contributed by atoms with E-state index in [-0.39, 0.29) is 11.7 Å². The summed E-state index contributed by atoms with van der Waals surface area (Å²) in [4.78, 5) is 16.6. The zero-order chi connectivity index (χ0) is 15.1. The van der Waals surface area contributed by atoms with Crippen molar-refractivity contribution in [2.45, 2.75) is 26.7 Å². The molecule has 1 heterocycles. The van der Waals surface area contributed by atoms with E-state index in [1.54, 1.807) is 12.3 Å². The van der Waals surface area contributed by atoms with Gasteiger partial charge in [0.25, 0.3) is 0 Å². The van der Waals surface area contributed by atoms with Gasteiger partial charge >= 0.3 is 0 Å². The maximum absolute atomic E-state index is 12.3. The van der Waals surface area contributed by atoms with Crippen molar-refractivity contribution in [3.63, 3.8) is 0 Å². The van der Waals surface area contributed by atoms with Crippen LogP contribution in [0.4, 0.5) is 0 Å². The fraction of sp³-hybridized carbons (Fsp3) is 0.263. The summed E-state index contributed by atoms with van der Waals surface area (Å²) >= 11 is 0. The molecule has 0 radical (unpaired) electrons. The molecule has 2 rings (SSSR count). The number of Topliss-reactive ketones (excluding diaryl/α,β-unsaturated/α-hetero) is 1. The molecule has 0 aromatic rings. The molecule has 0 bridgehead atoms. The maximum atomic E-state index is 12.3. The highest BCUT2D eigenvalue weighted by molar-refractivity contribution is 6.00. The molecule has 2 nitrogen and oxygen atoms in total. The van der Waals surface area contributed by atoms with Gasteiger partial charge in [-0.25, -0.2) is 0 Å². The van der Waals surface area contributed by atoms with E-state index in [4.69, 9.17) is 0 Å². The number of aliphatic imine (C=N–C) groups is 1. The first-order valence-electron chi connectivity index (χ1n) is 7.41. The summed E-state index contributed by atoms with van der Waals surface area (Å²) in [5.41, 5.74) is 2.97. The summed E-state index contributed by atoms with van der Waals surface area (Å²) < 4.78 is 0. The van der Waals surface area contributed by atoms with Gasteiger partial charge in [0.1, 0.15) is 0 Å². The van der Waals surface area contributed by atoms with Crippen LogP contribution in [0.25, 0.3) is 0 Å². The Morgan fingerprint density at radius 3 is 2.90 bits per heavy atom. The van der Waals surface area contributed by atoms with Gasteiger partial charge in [-0.3, -0.25) is 9.79 Å². The molecule has 0 N–H and O–H groups in total. The Hall–Kier alpha value is -2.22. The van der Waals surface area contributed by atoms with Gasteiger partial charge in [-0.05, 0) is 30.1 Å². The Bertz CT molecular complexity index is 609. The molecule has 0 aromatic carbocycles. The van der Waals surface area contributed by atoms with Crippen molar-refractivity contribution in [2.75, 3.05) is 0 Å².